The molecular weight excluding hydrogens is 244 g/mol. The lowest BCUT2D eigenvalue weighted by Gasteiger charge is -2.16. The van der Waals surface area contributed by atoms with Gasteiger partial charge in [0, 0.05) is 13.0 Å². The monoisotopic (exact) mass is 262 g/mol. The average molecular weight is 262 g/mol. The van der Waals surface area contributed by atoms with Crippen molar-refractivity contribution in [3.63, 3.8) is 0 Å². The van der Waals surface area contributed by atoms with Crippen LogP contribution in [0.3, 0.4) is 0 Å². The van der Waals surface area contributed by atoms with Crippen molar-refractivity contribution >= 4 is 11.0 Å². The van der Waals surface area contributed by atoms with Crippen molar-refractivity contribution in [2.24, 2.45) is 0 Å². The van der Waals surface area contributed by atoms with Crippen molar-refractivity contribution < 1.29 is 0 Å². The van der Waals surface area contributed by atoms with E-state index in [0.29, 0.717) is 0 Å². The number of benzene rings is 2. The lowest BCUT2D eigenvalue weighted by Crippen LogP contribution is -2.11. The highest BCUT2D eigenvalue weighted by atomic mass is 15.1. The summed E-state index contributed by atoms with van der Waals surface area (Å²) in [6.07, 6.45) is 4.53. The first-order chi connectivity index (χ1) is 9.92. The molecule has 0 spiro atoms. The minimum atomic E-state index is 1.03. The van der Waals surface area contributed by atoms with Gasteiger partial charge in [-0.15, -0.1) is 0 Å². The molecule has 2 aromatic carbocycles. The van der Waals surface area contributed by atoms with E-state index in [1.165, 1.54) is 40.8 Å². The van der Waals surface area contributed by atoms with Crippen LogP contribution in [0, 0.1) is 0 Å². The largest absolute Gasteiger partial charge is 0.328 e. The van der Waals surface area contributed by atoms with Crippen LogP contribution in [0.4, 0.5) is 0 Å². The van der Waals surface area contributed by atoms with E-state index in [-0.39, 0.29) is 0 Å². The Kier molecular flexibility index (Phi) is 2.80. The predicted octanol–water partition coefficient (Wildman–Crippen LogP) is 3.77. The molecule has 0 saturated heterocycles. The first kappa shape index (κ1) is 11.7. The maximum absolute atomic E-state index is 4.86. The molecule has 2 heteroatoms. The van der Waals surface area contributed by atoms with Crippen LogP contribution in [0.25, 0.3) is 11.0 Å². The standard InChI is InChI=1S/C18H18N2/c1-2-6-14(7-3-1)11-12-17-19-16-10-4-8-15-9-5-13-20(17)18(15)16/h1-4,6-8,10H,5,9,11-13H2. The molecule has 0 unspecified atom stereocenters. The number of hydrogen-bond acceptors (Lipinski definition) is 1. The normalized spacial score (nSPS) is 13.8. The fourth-order valence-corrected chi connectivity index (χ4v) is 3.27. The lowest BCUT2D eigenvalue weighted by atomic mass is 10.0. The van der Waals surface area contributed by atoms with E-state index >= 15 is 0 Å². The van der Waals surface area contributed by atoms with Gasteiger partial charge in [0.2, 0.25) is 0 Å². The summed E-state index contributed by atoms with van der Waals surface area (Å²) in [5.41, 5.74) is 5.41. The third-order valence-electron chi connectivity index (χ3n) is 4.24. The number of hydrogen-bond donors (Lipinski definition) is 0. The Balaban J connectivity index is 1.69. The Morgan fingerprint density at radius 2 is 1.85 bits per heavy atom. The SMILES string of the molecule is c1ccc(CCc2nc3cccc4c3n2CCC4)cc1. The highest BCUT2D eigenvalue weighted by Gasteiger charge is 2.17. The predicted molar refractivity (Wildman–Crippen MR) is 81.9 cm³/mol. The van der Waals surface area contributed by atoms with Crippen LogP contribution in [0.15, 0.2) is 48.5 Å². The lowest BCUT2D eigenvalue weighted by molar-refractivity contribution is 0.600. The molecule has 0 fully saturated rings. The van der Waals surface area contributed by atoms with Crippen LogP contribution in [-0.4, -0.2) is 9.55 Å². The van der Waals surface area contributed by atoms with Crippen molar-refractivity contribution in [2.75, 3.05) is 0 Å². The van der Waals surface area contributed by atoms with E-state index in [0.717, 1.165) is 19.4 Å². The summed E-state index contributed by atoms with van der Waals surface area (Å²) in [4.78, 5) is 4.86. The second-order valence-corrected chi connectivity index (χ2v) is 5.55. The Morgan fingerprint density at radius 3 is 2.75 bits per heavy atom. The molecule has 100 valence electrons. The molecule has 0 N–H and O–H groups in total. The topological polar surface area (TPSA) is 17.8 Å². The second-order valence-electron chi connectivity index (χ2n) is 5.55. The van der Waals surface area contributed by atoms with Crippen LogP contribution in [0.1, 0.15) is 23.4 Å². The molecule has 20 heavy (non-hydrogen) atoms. The molecule has 0 radical (unpaired) electrons. The Hall–Kier alpha value is -2.09. The zero-order valence-electron chi connectivity index (χ0n) is 11.5. The number of aryl methyl sites for hydroxylation is 4. The summed E-state index contributed by atoms with van der Waals surface area (Å²) < 4.78 is 2.44. The van der Waals surface area contributed by atoms with E-state index in [1.807, 2.05) is 0 Å². The van der Waals surface area contributed by atoms with Gasteiger partial charge in [-0.1, -0.05) is 42.5 Å². The fourth-order valence-electron chi connectivity index (χ4n) is 3.27. The fraction of sp³-hybridized carbons (Fsp3) is 0.278. The maximum Gasteiger partial charge on any atom is 0.110 e. The van der Waals surface area contributed by atoms with Crippen molar-refractivity contribution in [1.29, 1.82) is 0 Å². The molecule has 1 aliphatic rings. The van der Waals surface area contributed by atoms with Gasteiger partial charge in [-0.25, -0.2) is 4.98 Å². The van der Waals surface area contributed by atoms with Gasteiger partial charge in [0.05, 0.1) is 11.0 Å². The molecular formula is C18H18N2. The summed E-state index contributed by atoms with van der Waals surface area (Å²) in [6, 6.07) is 17.2. The van der Waals surface area contributed by atoms with Crippen molar-refractivity contribution in [3.8, 4) is 0 Å². The van der Waals surface area contributed by atoms with Gasteiger partial charge < -0.3 is 4.57 Å². The highest BCUT2D eigenvalue weighted by molar-refractivity contribution is 5.80. The molecule has 0 bridgehead atoms. The van der Waals surface area contributed by atoms with Gasteiger partial charge in [-0.05, 0) is 36.5 Å². The van der Waals surface area contributed by atoms with Crippen LogP contribution in [0.2, 0.25) is 0 Å². The molecule has 3 aromatic rings. The molecule has 4 rings (SSSR count). The minimum Gasteiger partial charge on any atom is -0.328 e. The summed E-state index contributed by atoms with van der Waals surface area (Å²) >= 11 is 0. The van der Waals surface area contributed by atoms with E-state index in [9.17, 15) is 0 Å². The molecule has 2 heterocycles. The third-order valence-corrected chi connectivity index (χ3v) is 4.24. The van der Waals surface area contributed by atoms with Gasteiger partial charge in [-0.2, -0.15) is 0 Å². The number of rotatable bonds is 3. The summed E-state index contributed by atoms with van der Waals surface area (Å²) in [5, 5.41) is 0. The zero-order valence-corrected chi connectivity index (χ0v) is 11.5. The van der Waals surface area contributed by atoms with Crippen molar-refractivity contribution in [3.05, 3.63) is 65.5 Å². The van der Waals surface area contributed by atoms with Crippen LogP contribution in [0.5, 0.6) is 0 Å². The molecule has 1 aliphatic heterocycles. The Labute approximate surface area is 119 Å². The number of para-hydroxylation sites is 1. The molecule has 0 aliphatic carbocycles. The molecule has 0 atom stereocenters. The Bertz CT molecular complexity index is 741. The van der Waals surface area contributed by atoms with E-state index in [2.05, 4.69) is 53.1 Å². The number of nitrogens with zero attached hydrogens (tertiary/aromatic N) is 2. The first-order valence-electron chi connectivity index (χ1n) is 7.43. The van der Waals surface area contributed by atoms with Gasteiger partial charge in [0.1, 0.15) is 5.82 Å². The van der Waals surface area contributed by atoms with E-state index < -0.39 is 0 Å². The molecule has 1 aromatic heterocycles. The van der Waals surface area contributed by atoms with Crippen molar-refractivity contribution in [1.82, 2.24) is 9.55 Å². The van der Waals surface area contributed by atoms with E-state index in [4.69, 9.17) is 4.98 Å². The van der Waals surface area contributed by atoms with Crippen LogP contribution < -0.4 is 0 Å². The minimum absolute atomic E-state index is 1.03. The quantitative estimate of drug-likeness (QED) is 0.702. The summed E-state index contributed by atoms with van der Waals surface area (Å²) in [5.74, 6) is 1.25. The zero-order chi connectivity index (χ0) is 13.4. The van der Waals surface area contributed by atoms with Crippen LogP contribution >= 0.6 is 0 Å². The smallest absolute Gasteiger partial charge is 0.110 e. The molecule has 2 nitrogen and oxygen atoms in total. The summed E-state index contributed by atoms with van der Waals surface area (Å²) in [6.45, 7) is 1.12. The molecule has 0 amide bonds. The van der Waals surface area contributed by atoms with Gasteiger partial charge in [-0.3, -0.25) is 0 Å². The molecule has 0 saturated carbocycles. The Morgan fingerprint density at radius 1 is 0.950 bits per heavy atom. The summed E-state index contributed by atoms with van der Waals surface area (Å²) in [7, 11) is 0. The first-order valence-corrected chi connectivity index (χ1v) is 7.43. The second kappa shape index (κ2) is 4.78. The average Bonchev–Trinajstić information content (AvgIpc) is 2.87. The maximum atomic E-state index is 4.86. The number of aromatic nitrogens is 2. The highest BCUT2D eigenvalue weighted by Crippen LogP contribution is 2.26. The number of imidazole rings is 1. The van der Waals surface area contributed by atoms with Crippen molar-refractivity contribution in [2.45, 2.75) is 32.2 Å². The van der Waals surface area contributed by atoms with Gasteiger partial charge in [0.15, 0.2) is 0 Å². The van der Waals surface area contributed by atoms with Crippen LogP contribution in [-0.2, 0) is 25.8 Å². The third kappa shape index (κ3) is 1.92. The van der Waals surface area contributed by atoms with E-state index in [1.54, 1.807) is 0 Å². The van der Waals surface area contributed by atoms with Gasteiger partial charge in [0.25, 0.3) is 0 Å². The van der Waals surface area contributed by atoms with Gasteiger partial charge >= 0.3 is 0 Å².